The Morgan fingerprint density at radius 1 is 0.971 bits per heavy atom. The van der Waals surface area contributed by atoms with Crippen molar-refractivity contribution < 1.29 is 22.2 Å². The van der Waals surface area contributed by atoms with Gasteiger partial charge in [-0.05, 0) is 55.4 Å². The zero-order chi connectivity index (χ0) is 24.1. The highest BCUT2D eigenvalue weighted by Gasteiger charge is 2.40. The molecular weight excluding hydrogens is 468 g/mol. The summed E-state index contributed by atoms with van der Waals surface area (Å²) in [6, 6.07) is 19.1. The van der Waals surface area contributed by atoms with Crippen LogP contribution in [0.3, 0.4) is 0 Å². The normalized spacial score (nSPS) is 17.1. The fourth-order valence-electron chi connectivity index (χ4n) is 4.25. The summed E-state index contributed by atoms with van der Waals surface area (Å²) < 4.78 is 40.5. The first-order valence-corrected chi connectivity index (χ1v) is 16.0. The lowest BCUT2D eigenvalue weighted by atomic mass is 9.95. The molecule has 0 saturated carbocycles. The number of para-hydroxylation sites is 1. The van der Waals surface area contributed by atoms with E-state index in [0.29, 0.717) is 11.2 Å². The largest absolute Gasteiger partial charge is 0.456 e. The molecule has 176 valence electrons. The van der Waals surface area contributed by atoms with E-state index < -0.39 is 30.3 Å². The Hall–Kier alpha value is -2.98. The quantitative estimate of drug-likeness (QED) is 0.324. The van der Waals surface area contributed by atoms with Gasteiger partial charge in [-0.1, -0.05) is 42.5 Å². The molecule has 2 heterocycles. The maximum Gasteiger partial charge on any atom is 0.261 e. The van der Waals surface area contributed by atoms with E-state index in [9.17, 15) is 13.2 Å². The van der Waals surface area contributed by atoms with E-state index in [1.165, 1.54) is 4.31 Å². The molecule has 1 N–H and O–H groups in total. The molecule has 0 saturated heterocycles. The Morgan fingerprint density at radius 2 is 1.65 bits per heavy atom. The molecule has 0 unspecified atom stereocenters. The molecule has 0 radical (unpaired) electrons. The molecule has 1 aliphatic heterocycles. The molecule has 1 aromatic heterocycles. The number of hydrogen-bond acceptors (Lipinski definition) is 5. The Balaban J connectivity index is 1.55. The van der Waals surface area contributed by atoms with Crippen LogP contribution in [0, 0.1) is 0 Å². The molecular formula is C25H26N2O5SSi. The predicted molar refractivity (Wildman–Crippen MR) is 133 cm³/mol. The average Bonchev–Trinajstić information content (AvgIpc) is 3.19. The summed E-state index contributed by atoms with van der Waals surface area (Å²) in [4.78, 5) is 13.2. The number of furan rings is 1. The summed E-state index contributed by atoms with van der Waals surface area (Å²) in [6.45, 7) is 5.93. The minimum atomic E-state index is -4.01. The van der Waals surface area contributed by atoms with Crippen molar-refractivity contribution in [2.45, 2.75) is 43.5 Å². The Kier molecular flexibility index (Phi) is 5.60. The van der Waals surface area contributed by atoms with Crippen molar-refractivity contribution in [1.29, 1.82) is 0 Å². The van der Waals surface area contributed by atoms with Gasteiger partial charge < -0.3 is 8.94 Å². The third kappa shape index (κ3) is 4.16. The Morgan fingerprint density at radius 3 is 2.41 bits per heavy atom. The monoisotopic (exact) mass is 494 g/mol. The van der Waals surface area contributed by atoms with Crippen LogP contribution < -0.4 is 5.48 Å². The number of nitrogens with one attached hydrogen (secondary N) is 1. The lowest BCUT2D eigenvalue weighted by molar-refractivity contribution is -0.132. The molecule has 7 nitrogen and oxygen atoms in total. The van der Waals surface area contributed by atoms with Crippen molar-refractivity contribution >= 4 is 46.2 Å². The Bertz CT molecular complexity index is 1510. The second-order valence-corrected chi connectivity index (χ2v) is 15.8. The van der Waals surface area contributed by atoms with Crippen LogP contribution in [0.25, 0.3) is 21.9 Å². The number of hydroxylamine groups is 1. The minimum absolute atomic E-state index is 0.0855. The average molecular weight is 495 g/mol. The fourth-order valence-corrected chi connectivity index (χ4v) is 6.24. The second-order valence-electron chi connectivity index (χ2n) is 9.48. The molecule has 0 fully saturated rings. The first kappa shape index (κ1) is 22.8. The van der Waals surface area contributed by atoms with Crippen molar-refractivity contribution in [3.05, 3.63) is 77.9 Å². The number of fused-ring (bicyclic) bond motifs is 4. The van der Waals surface area contributed by atoms with Crippen LogP contribution in [-0.4, -0.2) is 33.0 Å². The number of rotatable bonds is 5. The van der Waals surface area contributed by atoms with E-state index in [0.717, 1.165) is 21.9 Å². The molecule has 1 amide bonds. The molecule has 9 heteroatoms. The van der Waals surface area contributed by atoms with Crippen LogP contribution in [0.4, 0.5) is 0 Å². The first-order valence-electron chi connectivity index (χ1n) is 11.1. The summed E-state index contributed by atoms with van der Waals surface area (Å²) in [5.74, 6) is -0.467. The van der Waals surface area contributed by atoms with Crippen LogP contribution >= 0.6 is 0 Å². The fraction of sp³-hybridized carbons (Fsp3) is 0.240. The number of amides is 1. The van der Waals surface area contributed by atoms with Crippen molar-refractivity contribution in [2.24, 2.45) is 0 Å². The lowest BCUT2D eigenvalue weighted by Crippen LogP contribution is -2.53. The molecule has 4 aromatic rings. The van der Waals surface area contributed by atoms with Gasteiger partial charge in [-0.25, -0.2) is 13.9 Å². The first-order chi connectivity index (χ1) is 16.1. The maximum atomic E-state index is 13.8. The molecule has 0 bridgehead atoms. The van der Waals surface area contributed by atoms with Gasteiger partial charge >= 0.3 is 0 Å². The van der Waals surface area contributed by atoms with Crippen LogP contribution in [0.1, 0.15) is 11.1 Å². The van der Waals surface area contributed by atoms with Gasteiger partial charge in [-0.2, -0.15) is 4.31 Å². The highest BCUT2D eigenvalue weighted by molar-refractivity contribution is 7.89. The van der Waals surface area contributed by atoms with Crippen molar-refractivity contribution in [3.8, 4) is 0 Å². The molecule has 34 heavy (non-hydrogen) atoms. The van der Waals surface area contributed by atoms with Gasteiger partial charge in [0.15, 0.2) is 0 Å². The van der Waals surface area contributed by atoms with Crippen LogP contribution in [0.15, 0.2) is 76.0 Å². The summed E-state index contributed by atoms with van der Waals surface area (Å²) in [6.07, 6.45) is 0.267. The zero-order valence-corrected chi connectivity index (χ0v) is 21.1. The number of carbonyl (C=O) groups is 1. The topological polar surface area (TPSA) is 88.9 Å². The minimum Gasteiger partial charge on any atom is -0.456 e. The number of carbonyl (C=O) groups excluding carboxylic acids is 1. The van der Waals surface area contributed by atoms with Crippen LogP contribution in [-0.2, 0) is 32.3 Å². The number of hydrogen-bond donors (Lipinski definition) is 1. The van der Waals surface area contributed by atoms with Gasteiger partial charge in [0.1, 0.15) is 17.2 Å². The number of nitrogens with zero attached hydrogens (tertiary/aromatic N) is 1. The van der Waals surface area contributed by atoms with Gasteiger partial charge in [0.2, 0.25) is 18.3 Å². The molecule has 0 aliphatic carbocycles. The molecule has 1 atom stereocenters. The lowest BCUT2D eigenvalue weighted by Gasteiger charge is -2.35. The highest BCUT2D eigenvalue weighted by atomic mass is 32.2. The summed E-state index contributed by atoms with van der Waals surface area (Å²) in [7, 11) is -6.06. The highest BCUT2D eigenvalue weighted by Crippen LogP contribution is 2.33. The summed E-state index contributed by atoms with van der Waals surface area (Å²) in [5, 5.41) is 1.77. The maximum absolute atomic E-state index is 13.8. The SMILES string of the molecule is C[Si](C)(C)ONC(=O)[C@H]1Cc2ccccc2CN1S(=O)(=O)c1ccc2c(c1)oc1ccccc12. The van der Waals surface area contributed by atoms with Crippen LogP contribution in [0.5, 0.6) is 0 Å². The van der Waals surface area contributed by atoms with E-state index in [1.807, 2.05) is 68.2 Å². The zero-order valence-electron chi connectivity index (χ0n) is 19.2. The van der Waals surface area contributed by atoms with Crippen LogP contribution in [0.2, 0.25) is 19.6 Å². The van der Waals surface area contributed by atoms with E-state index in [-0.39, 0.29) is 17.9 Å². The van der Waals surface area contributed by atoms with Gasteiger partial charge in [0.25, 0.3) is 5.91 Å². The predicted octanol–water partition coefficient (Wildman–Crippen LogP) is 4.58. The van der Waals surface area contributed by atoms with Crippen molar-refractivity contribution in [3.63, 3.8) is 0 Å². The van der Waals surface area contributed by atoms with Gasteiger partial charge in [-0.3, -0.25) is 4.79 Å². The van der Waals surface area contributed by atoms with Crippen molar-refractivity contribution in [1.82, 2.24) is 9.79 Å². The van der Waals surface area contributed by atoms with Gasteiger partial charge in [0.05, 0.1) is 4.90 Å². The molecule has 1 aliphatic rings. The summed E-state index contributed by atoms with van der Waals surface area (Å²) >= 11 is 0. The van der Waals surface area contributed by atoms with E-state index in [4.69, 9.17) is 8.94 Å². The summed E-state index contributed by atoms with van der Waals surface area (Å²) in [5.41, 5.74) is 5.54. The third-order valence-corrected chi connectivity index (χ3v) is 8.49. The van der Waals surface area contributed by atoms with E-state index >= 15 is 0 Å². The molecule has 3 aromatic carbocycles. The molecule has 5 rings (SSSR count). The van der Waals surface area contributed by atoms with Gasteiger partial charge in [0, 0.05) is 23.4 Å². The van der Waals surface area contributed by atoms with E-state index in [2.05, 4.69) is 5.48 Å². The standard InChI is InChI=1S/C25H26N2O5SSi/c1-34(2,3)32-26-25(28)22-14-17-8-4-5-9-18(17)16-27(22)33(29,30)19-12-13-21-20-10-6-7-11-23(20)31-24(21)15-19/h4-13,15,22H,14,16H2,1-3H3,(H,26,28)/t22-/m1/s1. The molecule has 0 spiro atoms. The Labute approximate surface area is 199 Å². The smallest absolute Gasteiger partial charge is 0.261 e. The van der Waals surface area contributed by atoms with Gasteiger partial charge in [-0.15, -0.1) is 0 Å². The number of benzene rings is 3. The van der Waals surface area contributed by atoms with E-state index in [1.54, 1.807) is 18.2 Å². The van der Waals surface area contributed by atoms with Crippen molar-refractivity contribution in [2.75, 3.05) is 0 Å². The second kappa shape index (κ2) is 8.35. The number of sulfonamides is 1. The third-order valence-electron chi connectivity index (χ3n) is 5.92.